The van der Waals surface area contributed by atoms with Gasteiger partial charge in [-0.05, 0) is 12.2 Å². The fourth-order valence-corrected chi connectivity index (χ4v) is 2.59. The van der Waals surface area contributed by atoms with Gasteiger partial charge in [-0.15, -0.1) is 0 Å². The van der Waals surface area contributed by atoms with Crippen molar-refractivity contribution in [3.8, 4) is 0 Å². The predicted molar refractivity (Wildman–Crippen MR) is 55.9 cm³/mol. The zero-order valence-corrected chi connectivity index (χ0v) is 8.78. The maximum absolute atomic E-state index is 10.5. The third-order valence-electron chi connectivity index (χ3n) is 2.19. The minimum absolute atomic E-state index is 0.0910. The third kappa shape index (κ3) is 2.91. The van der Waals surface area contributed by atoms with Crippen LogP contribution in [0.3, 0.4) is 0 Å². The maximum atomic E-state index is 10.5. The van der Waals surface area contributed by atoms with Crippen LogP contribution in [0.4, 0.5) is 4.79 Å². The number of carbonyl (C=O) groups excluding carboxylic acids is 1. The Hall–Kier alpha value is -0.710. The molecule has 4 nitrogen and oxygen atoms in total. The first-order chi connectivity index (χ1) is 6.02. The topological polar surface area (TPSA) is 67.5 Å². The van der Waals surface area contributed by atoms with Crippen molar-refractivity contribution >= 4 is 23.5 Å². The average molecular weight is 201 g/mol. The smallest absolute Gasteiger partial charge is 0.332 e. The van der Waals surface area contributed by atoms with Crippen LogP contribution in [0.1, 0.15) is 20.3 Å². The number of rotatable bonds is 1. The molecule has 0 aromatic heterocycles. The maximum Gasteiger partial charge on any atom is 0.332 e. The highest BCUT2D eigenvalue weighted by Crippen LogP contribution is 2.31. The van der Waals surface area contributed by atoms with Gasteiger partial charge in [0.15, 0.2) is 0 Å². The number of thioether (sulfide) groups is 1. The molecule has 1 rings (SSSR count). The van der Waals surface area contributed by atoms with Gasteiger partial charge in [-0.25, -0.2) is 10.2 Å². The molecule has 1 heterocycles. The lowest BCUT2D eigenvalue weighted by Gasteiger charge is -2.30. The lowest BCUT2D eigenvalue weighted by atomic mass is 9.85. The number of nitrogens with one attached hydrogen (secondary N) is 1. The van der Waals surface area contributed by atoms with E-state index in [-0.39, 0.29) is 5.41 Å². The Balaban J connectivity index is 2.64. The monoisotopic (exact) mass is 201 g/mol. The van der Waals surface area contributed by atoms with Crippen molar-refractivity contribution < 1.29 is 4.79 Å². The van der Waals surface area contributed by atoms with Gasteiger partial charge >= 0.3 is 6.03 Å². The molecular formula is C8H15N3OS. The molecule has 3 N–H and O–H groups in total. The lowest BCUT2D eigenvalue weighted by molar-refractivity contribution is 0.249. The number of amides is 2. The van der Waals surface area contributed by atoms with Crippen LogP contribution in [0.5, 0.6) is 0 Å². The summed E-state index contributed by atoms with van der Waals surface area (Å²) in [5.41, 5.74) is 8.33. The Morgan fingerprint density at radius 1 is 1.69 bits per heavy atom. The molecular weight excluding hydrogens is 186 g/mol. The predicted octanol–water partition coefficient (Wildman–Crippen LogP) is 1.17. The van der Waals surface area contributed by atoms with Crippen molar-refractivity contribution in [3.63, 3.8) is 0 Å². The van der Waals surface area contributed by atoms with Gasteiger partial charge in [-0.1, -0.05) is 13.8 Å². The molecule has 5 heteroatoms. The van der Waals surface area contributed by atoms with Gasteiger partial charge in [0, 0.05) is 11.2 Å². The molecule has 0 atom stereocenters. The van der Waals surface area contributed by atoms with Crippen molar-refractivity contribution in [2.45, 2.75) is 20.3 Å². The van der Waals surface area contributed by atoms with E-state index in [1.807, 2.05) is 11.8 Å². The van der Waals surface area contributed by atoms with E-state index in [0.29, 0.717) is 0 Å². The number of carbonyl (C=O) groups is 1. The molecule has 74 valence electrons. The molecule has 0 saturated carbocycles. The molecule has 0 aromatic carbocycles. The van der Waals surface area contributed by atoms with E-state index in [0.717, 1.165) is 23.6 Å². The van der Waals surface area contributed by atoms with Crippen molar-refractivity contribution in [2.75, 3.05) is 11.5 Å². The second-order valence-electron chi connectivity index (χ2n) is 3.72. The molecule has 1 aliphatic rings. The van der Waals surface area contributed by atoms with Crippen molar-refractivity contribution in [1.29, 1.82) is 0 Å². The summed E-state index contributed by atoms with van der Waals surface area (Å²) in [6.07, 6.45) is 1.09. The number of nitrogens with zero attached hydrogens (tertiary/aromatic N) is 1. The SMILES string of the molecule is CC1(C)CCSCC1=NNC(N)=O. The van der Waals surface area contributed by atoms with E-state index in [4.69, 9.17) is 5.73 Å². The molecule has 0 radical (unpaired) electrons. The number of urea groups is 1. The van der Waals surface area contributed by atoms with Gasteiger partial charge in [0.2, 0.25) is 0 Å². The van der Waals surface area contributed by atoms with E-state index >= 15 is 0 Å². The molecule has 0 aromatic rings. The van der Waals surface area contributed by atoms with E-state index in [1.165, 1.54) is 0 Å². The van der Waals surface area contributed by atoms with E-state index < -0.39 is 6.03 Å². The van der Waals surface area contributed by atoms with Gasteiger partial charge in [0.1, 0.15) is 0 Å². The molecule has 0 bridgehead atoms. The van der Waals surface area contributed by atoms with Gasteiger partial charge in [0.05, 0.1) is 5.71 Å². The highest BCUT2D eigenvalue weighted by atomic mass is 32.2. The van der Waals surface area contributed by atoms with Crippen molar-refractivity contribution in [3.05, 3.63) is 0 Å². The normalized spacial score (nSPS) is 24.3. The van der Waals surface area contributed by atoms with E-state index in [1.54, 1.807) is 0 Å². The largest absolute Gasteiger partial charge is 0.350 e. The average Bonchev–Trinajstić information content (AvgIpc) is 2.01. The Bertz CT molecular complexity index is 238. The van der Waals surface area contributed by atoms with Crippen LogP contribution in [0.2, 0.25) is 0 Å². The van der Waals surface area contributed by atoms with Crippen LogP contribution in [0, 0.1) is 5.41 Å². The summed E-state index contributed by atoms with van der Waals surface area (Å²) in [6.45, 7) is 4.27. The summed E-state index contributed by atoms with van der Waals surface area (Å²) in [5.74, 6) is 2.04. The molecule has 13 heavy (non-hydrogen) atoms. The summed E-state index contributed by atoms with van der Waals surface area (Å²) in [4.78, 5) is 10.5. The first kappa shape index (κ1) is 10.4. The summed E-state index contributed by atoms with van der Waals surface area (Å²) in [6, 6.07) is -0.598. The summed E-state index contributed by atoms with van der Waals surface area (Å²) < 4.78 is 0. The van der Waals surface area contributed by atoms with Crippen molar-refractivity contribution in [1.82, 2.24) is 5.43 Å². The number of hydrogen-bond donors (Lipinski definition) is 2. The van der Waals surface area contributed by atoms with E-state index in [2.05, 4.69) is 24.4 Å². The quantitative estimate of drug-likeness (QED) is 0.625. The van der Waals surface area contributed by atoms with Crippen LogP contribution >= 0.6 is 11.8 Å². The van der Waals surface area contributed by atoms with Gasteiger partial charge < -0.3 is 5.73 Å². The standard InChI is InChI=1S/C8H15N3OS/c1-8(2)3-4-13-5-6(8)10-11-7(9)12/h3-5H2,1-2H3,(H3,9,11,12). The third-order valence-corrected chi connectivity index (χ3v) is 3.16. The molecule has 0 spiro atoms. The second kappa shape index (κ2) is 4.00. The number of nitrogens with two attached hydrogens (primary N) is 1. The Morgan fingerprint density at radius 3 is 2.92 bits per heavy atom. The van der Waals surface area contributed by atoms with Crippen LogP contribution in [-0.2, 0) is 0 Å². The summed E-state index contributed by atoms with van der Waals surface area (Å²) in [5, 5.41) is 4.01. The fourth-order valence-electron chi connectivity index (χ4n) is 1.14. The first-order valence-corrected chi connectivity index (χ1v) is 5.38. The van der Waals surface area contributed by atoms with Crippen LogP contribution in [0.15, 0.2) is 5.10 Å². The van der Waals surface area contributed by atoms with Crippen molar-refractivity contribution in [2.24, 2.45) is 16.3 Å². The first-order valence-electron chi connectivity index (χ1n) is 4.22. The zero-order chi connectivity index (χ0) is 9.90. The molecule has 1 fully saturated rings. The molecule has 0 aliphatic carbocycles. The van der Waals surface area contributed by atoms with Gasteiger partial charge in [-0.2, -0.15) is 16.9 Å². The summed E-state index contributed by atoms with van der Waals surface area (Å²) in [7, 11) is 0. The van der Waals surface area contributed by atoms with Crippen LogP contribution in [0.25, 0.3) is 0 Å². The molecule has 1 aliphatic heterocycles. The number of hydrogen-bond acceptors (Lipinski definition) is 3. The Labute approximate surface area is 82.3 Å². The van der Waals surface area contributed by atoms with E-state index in [9.17, 15) is 4.79 Å². The minimum atomic E-state index is -0.598. The molecule has 0 unspecified atom stereocenters. The van der Waals surface area contributed by atoms with Crippen LogP contribution in [-0.4, -0.2) is 23.2 Å². The second-order valence-corrected chi connectivity index (χ2v) is 4.83. The van der Waals surface area contributed by atoms with Gasteiger partial charge in [0.25, 0.3) is 0 Å². The number of hydrazone groups is 1. The van der Waals surface area contributed by atoms with Crippen LogP contribution < -0.4 is 11.2 Å². The zero-order valence-electron chi connectivity index (χ0n) is 7.96. The Kier molecular flexibility index (Phi) is 3.19. The fraction of sp³-hybridized carbons (Fsp3) is 0.750. The lowest BCUT2D eigenvalue weighted by Crippen LogP contribution is -2.35. The highest BCUT2D eigenvalue weighted by molar-refractivity contribution is 8.00. The molecule has 2 amide bonds. The highest BCUT2D eigenvalue weighted by Gasteiger charge is 2.28. The van der Waals surface area contributed by atoms with Gasteiger partial charge in [-0.3, -0.25) is 0 Å². The summed E-state index contributed by atoms with van der Waals surface area (Å²) >= 11 is 1.83. The Morgan fingerprint density at radius 2 is 2.38 bits per heavy atom. The number of primary amides is 1. The molecule has 1 saturated heterocycles. The minimum Gasteiger partial charge on any atom is -0.350 e.